The molecule has 0 aromatic carbocycles. The van der Waals surface area contributed by atoms with Gasteiger partial charge in [0.15, 0.2) is 0 Å². The zero-order valence-corrected chi connectivity index (χ0v) is 10.0. The molecule has 8 heteroatoms. The minimum Gasteiger partial charge on any atom is -0.383 e. The van der Waals surface area contributed by atoms with E-state index in [2.05, 4.69) is 15.6 Å². The number of H-pyrrole nitrogens is 2. The van der Waals surface area contributed by atoms with Crippen molar-refractivity contribution in [2.24, 2.45) is 0 Å². The Morgan fingerprint density at radius 2 is 2.11 bits per heavy atom. The first-order valence-corrected chi connectivity index (χ1v) is 5.45. The van der Waals surface area contributed by atoms with Gasteiger partial charge in [0.25, 0.3) is 11.5 Å². The Hall–Kier alpha value is -1.93. The maximum absolute atomic E-state index is 11.6. The maximum Gasteiger partial charge on any atom is 0.325 e. The van der Waals surface area contributed by atoms with Crippen molar-refractivity contribution in [1.29, 1.82) is 0 Å². The van der Waals surface area contributed by atoms with Crippen LogP contribution in [0.2, 0.25) is 0 Å². The van der Waals surface area contributed by atoms with Gasteiger partial charge in [-0.05, 0) is 0 Å². The molecule has 1 amide bonds. The van der Waals surface area contributed by atoms with Gasteiger partial charge in [0, 0.05) is 32.9 Å². The molecular weight excluding hydrogens is 240 g/mol. The van der Waals surface area contributed by atoms with Crippen LogP contribution in [0.3, 0.4) is 0 Å². The summed E-state index contributed by atoms with van der Waals surface area (Å²) in [5.41, 5.74) is -1.46. The Balaban J connectivity index is 2.37. The highest BCUT2D eigenvalue weighted by atomic mass is 16.5. The van der Waals surface area contributed by atoms with Crippen molar-refractivity contribution in [3.63, 3.8) is 0 Å². The number of rotatable bonds is 7. The Morgan fingerprint density at radius 3 is 2.78 bits per heavy atom. The average molecular weight is 256 g/mol. The third-order valence-electron chi connectivity index (χ3n) is 2.13. The second-order valence-corrected chi connectivity index (χ2v) is 3.48. The van der Waals surface area contributed by atoms with E-state index in [1.54, 1.807) is 7.11 Å². The Kier molecular flexibility index (Phi) is 5.81. The van der Waals surface area contributed by atoms with Crippen LogP contribution in [-0.2, 0) is 4.74 Å². The quantitative estimate of drug-likeness (QED) is 0.422. The first-order valence-electron chi connectivity index (χ1n) is 5.45. The van der Waals surface area contributed by atoms with Crippen molar-refractivity contribution in [1.82, 2.24) is 20.6 Å². The lowest BCUT2D eigenvalue weighted by molar-refractivity contribution is 0.0951. The fourth-order valence-electron chi connectivity index (χ4n) is 1.24. The topological polar surface area (TPSA) is 116 Å². The van der Waals surface area contributed by atoms with Crippen molar-refractivity contribution < 1.29 is 9.53 Å². The van der Waals surface area contributed by atoms with Crippen molar-refractivity contribution in [3.05, 3.63) is 32.6 Å². The highest BCUT2D eigenvalue weighted by molar-refractivity contribution is 5.93. The molecule has 1 rings (SSSR count). The summed E-state index contributed by atoms with van der Waals surface area (Å²) in [4.78, 5) is 37.8. The second-order valence-electron chi connectivity index (χ2n) is 3.48. The molecule has 1 aromatic rings. The van der Waals surface area contributed by atoms with Gasteiger partial charge in [0.05, 0.1) is 6.61 Å². The van der Waals surface area contributed by atoms with E-state index in [1.807, 2.05) is 4.98 Å². The van der Waals surface area contributed by atoms with Gasteiger partial charge in [0.2, 0.25) is 0 Å². The molecule has 0 atom stereocenters. The summed E-state index contributed by atoms with van der Waals surface area (Å²) in [6, 6.07) is 0. The first kappa shape index (κ1) is 14.1. The van der Waals surface area contributed by atoms with Gasteiger partial charge >= 0.3 is 5.69 Å². The normalized spacial score (nSPS) is 10.3. The number of aromatic amines is 2. The van der Waals surface area contributed by atoms with Crippen LogP contribution in [0.5, 0.6) is 0 Å². The van der Waals surface area contributed by atoms with Gasteiger partial charge in [0.1, 0.15) is 5.56 Å². The van der Waals surface area contributed by atoms with Crippen LogP contribution >= 0.6 is 0 Å². The molecular formula is C10H16N4O4. The smallest absolute Gasteiger partial charge is 0.325 e. The molecule has 0 saturated heterocycles. The van der Waals surface area contributed by atoms with Crippen molar-refractivity contribution in [2.45, 2.75) is 0 Å². The highest BCUT2D eigenvalue weighted by Gasteiger charge is 2.09. The lowest BCUT2D eigenvalue weighted by Gasteiger charge is -2.05. The maximum atomic E-state index is 11.6. The minimum absolute atomic E-state index is 0.119. The number of amides is 1. The summed E-state index contributed by atoms with van der Waals surface area (Å²) in [5.74, 6) is -0.527. The molecule has 0 saturated carbocycles. The number of carbonyl (C=O) groups is 1. The molecule has 4 N–H and O–H groups in total. The summed E-state index contributed by atoms with van der Waals surface area (Å²) in [6.45, 7) is 2.22. The van der Waals surface area contributed by atoms with Gasteiger partial charge in [-0.2, -0.15) is 0 Å². The van der Waals surface area contributed by atoms with Gasteiger partial charge in [-0.25, -0.2) is 4.79 Å². The van der Waals surface area contributed by atoms with Crippen LogP contribution in [0.4, 0.5) is 0 Å². The van der Waals surface area contributed by atoms with Crippen LogP contribution in [0.25, 0.3) is 0 Å². The average Bonchev–Trinajstić information content (AvgIpc) is 2.33. The van der Waals surface area contributed by atoms with Gasteiger partial charge in [-0.3, -0.25) is 14.6 Å². The number of nitrogens with one attached hydrogen (secondary N) is 4. The van der Waals surface area contributed by atoms with Crippen LogP contribution in [0.15, 0.2) is 15.8 Å². The fourth-order valence-corrected chi connectivity index (χ4v) is 1.24. The lowest BCUT2D eigenvalue weighted by atomic mass is 10.3. The third-order valence-corrected chi connectivity index (χ3v) is 2.13. The molecule has 0 aliphatic carbocycles. The Bertz CT molecular complexity index is 493. The first-order chi connectivity index (χ1) is 8.65. The third kappa shape index (κ3) is 4.52. The Labute approximate surface area is 103 Å². The molecule has 0 spiro atoms. The number of hydrogen-bond acceptors (Lipinski definition) is 5. The molecule has 1 heterocycles. The molecule has 0 bridgehead atoms. The number of hydrogen-bond donors (Lipinski definition) is 4. The predicted octanol–water partition coefficient (Wildman–Crippen LogP) is -1.97. The van der Waals surface area contributed by atoms with Crippen molar-refractivity contribution in [2.75, 3.05) is 33.4 Å². The molecule has 0 radical (unpaired) electrons. The molecule has 0 fully saturated rings. The molecule has 0 aliphatic rings. The zero-order chi connectivity index (χ0) is 13.4. The van der Waals surface area contributed by atoms with E-state index in [1.165, 1.54) is 0 Å². The second kappa shape index (κ2) is 7.41. The SMILES string of the molecule is COCCNCCNC(=O)c1c[nH]c(=O)[nH]c1=O. The summed E-state index contributed by atoms with van der Waals surface area (Å²) < 4.78 is 4.84. The molecule has 18 heavy (non-hydrogen) atoms. The zero-order valence-electron chi connectivity index (χ0n) is 10.0. The Morgan fingerprint density at radius 1 is 1.33 bits per heavy atom. The number of ether oxygens (including phenoxy) is 1. The van der Waals surface area contributed by atoms with E-state index in [4.69, 9.17) is 4.74 Å². The van der Waals surface area contributed by atoms with E-state index in [0.717, 1.165) is 6.20 Å². The summed E-state index contributed by atoms with van der Waals surface area (Å²) in [6.07, 6.45) is 1.09. The van der Waals surface area contributed by atoms with Crippen LogP contribution < -0.4 is 21.9 Å². The van der Waals surface area contributed by atoms with Gasteiger partial charge < -0.3 is 20.4 Å². The monoisotopic (exact) mass is 256 g/mol. The van der Waals surface area contributed by atoms with Crippen LogP contribution in [0, 0.1) is 0 Å². The highest BCUT2D eigenvalue weighted by Crippen LogP contribution is 1.83. The van der Waals surface area contributed by atoms with Crippen molar-refractivity contribution in [3.8, 4) is 0 Å². The lowest BCUT2D eigenvalue weighted by Crippen LogP contribution is -2.37. The summed E-state index contributed by atoms with van der Waals surface area (Å²) in [7, 11) is 1.60. The van der Waals surface area contributed by atoms with E-state index in [9.17, 15) is 14.4 Å². The minimum atomic E-state index is -0.705. The molecule has 1 aromatic heterocycles. The molecule has 8 nitrogen and oxygen atoms in total. The summed E-state index contributed by atoms with van der Waals surface area (Å²) in [5, 5.41) is 5.59. The van der Waals surface area contributed by atoms with Gasteiger partial charge in [-0.15, -0.1) is 0 Å². The number of aromatic nitrogens is 2. The summed E-state index contributed by atoms with van der Waals surface area (Å²) >= 11 is 0. The van der Waals surface area contributed by atoms with Crippen molar-refractivity contribution >= 4 is 5.91 Å². The number of carbonyl (C=O) groups excluding carboxylic acids is 1. The van der Waals surface area contributed by atoms with Gasteiger partial charge in [-0.1, -0.05) is 0 Å². The van der Waals surface area contributed by atoms with Crippen LogP contribution in [-0.4, -0.2) is 49.2 Å². The molecule has 100 valence electrons. The molecule has 0 aliphatic heterocycles. The molecule has 0 unspecified atom stereocenters. The van der Waals surface area contributed by atoms with E-state index >= 15 is 0 Å². The fraction of sp³-hybridized carbons (Fsp3) is 0.500. The standard InChI is InChI=1S/C10H16N4O4/c1-18-5-4-11-2-3-12-8(15)7-6-13-10(17)14-9(7)16/h6,11H,2-5H2,1H3,(H,12,15)(H2,13,14,16,17). The van der Waals surface area contributed by atoms with E-state index in [0.29, 0.717) is 26.2 Å². The largest absolute Gasteiger partial charge is 0.383 e. The predicted molar refractivity (Wildman–Crippen MR) is 64.8 cm³/mol. The van der Waals surface area contributed by atoms with E-state index < -0.39 is 17.2 Å². The van der Waals surface area contributed by atoms with Crippen LogP contribution in [0.1, 0.15) is 10.4 Å². The van der Waals surface area contributed by atoms with E-state index in [-0.39, 0.29) is 5.56 Å². The number of methoxy groups -OCH3 is 1.